The summed E-state index contributed by atoms with van der Waals surface area (Å²) in [5.74, 6) is 0. The Morgan fingerprint density at radius 3 is 2.56 bits per heavy atom. The van der Waals surface area contributed by atoms with Gasteiger partial charge in [0, 0.05) is 24.3 Å². The Morgan fingerprint density at radius 1 is 1.39 bits per heavy atom. The molecule has 1 saturated carbocycles. The molecule has 3 heteroatoms. The van der Waals surface area contributed by atoms with Crippen LogP contribution in [0.5, 0.6) is 0 Å². The van der Waals surface area contributed by atoms with Gasteiger partial charge < -0.3 is 10.2 Å². The maximum absolute atomic E-state index is 8.73. The zero-order chi connectivity index (χ0) is 13.0. The summed E-state index contributed by atoms with van der Waals surface area (Å²) < 4.78 is 0. The zero-order valence-electron chi connectivity index (χ0n) is 11.2. The summed E-state index contributed by atoms with van der Waals surface area (Å²) in [5.41, 5.74) is 2.55. The number of nitrogens with zero attached hydrogens (tertiary/aromatic N) is 2. The summed E-state index contributed by atoms with van der Waals surface area (Å²) >= 11 is 0. The molecule has 0 heterocycles. The molecule has 0 aliphatic heterocycles. The van der Waals surface area contributed by atoms with Gasteiger partial charge in [-0.25, -0.2) is 0 Å². The van der Waals surface area contributed by atoms with Gasteiger partial charge in [0.1, 0.15) is 0 Å². The third kappa shape index (κ3) is 3.02. The zero-order valence-corrected chi connectivity index (χ0v) is 11.2. The summed E-state index contributed by atoms with van der Waals surface area (Å²) in [6.07, 6.45) is 3.13. The number of rotatable bonds is 6. The molecule has 1 aliphatic rings. The first-order chi connectivity index (χ1) is 8.76. The number of hydrogen-bond acceptors (Lipinski definition) is 3. The van der Waals surface area contributed by atoms with Crippen molar-refractivity contribution in [2.24, 2.45) is 0 Å². The molecular formula is C15H21N3. The van der Waals surface area contributed by atoms with Crippen molar-refractivity contribution in [3.05, 3.63) is 29.8 Å². The average molecular weight is 243 g/mol. The molecule has 0 aromatic heterocycles. The standard InChI is InChI=1S/C15H21N3/c1-12(17-2)13-4-6-14(7-5-13)18(11-3-10-16)15-8-9-15/h4-7,12,15,17H,3,8-9,11H2,1-2H3. The molecule has 1 unspecified atom stereocenters. The Bertz CT molecular complexity index is 414. The van der Waals surface area contributed by atoms with Gasteiger partial charge in [-0.15, -0.1) is 0 Å². The van der Waals surface area contributed by atoms with Crippen LogP contribution in [0.1, 0.15) is 37.8 Å². The molecule has 1 aromatic carbocycles. The second kappa shape index (κ2) is 5.88. The predicted molar refractivity (Wildman–Crippen MR) is 74.5 cm³/mol. The highest BCUT2D eigenvalue weighted by Crippen LogP contribution is 2.32. The first-order valence-corrected chi connectivity index (χ1v) is 6.67. The fourth-order valence-corrected chi connectivity index (χ4v) is 2.20. The second-order valence-corrected chi connectivity index (χ2v) is 4.93. The van der Waals surface area contributed by atoms with Crippen LogP contribution in [0.3, 0.4) is 0 Å². The third-order valence-corrected chi connectivity index (χ3v) is 3.61. The Labute approximate surface area is 109 Å². The molecular weight excluding hydrogens is 222 g/mol. The number of anilines is 1. The van der Waals surface area contributed by atoms with E-state index in [9.17, 15) is 0 Å². The van der Waals surface area contributed by atoms with Crippen LogP contribution in [0.4, 0.5) is 5.69 Å². The van der Waals surface area contributed by atoms with Crippen LogP contribution in [-0.2, 0) is 0 Å². The van der Waals surface area contributed by atoms with Gasteiger partial charge in [0.15, 0.2) is 0 Å². The van der Waals surface area contributed by atoms with E-state index in [1.54, 1.807) is 0 Å². The molecule has 3 nitrogen and oxygen atoms in total. The minimum Gasteiger partial charge on any atom is -0.368 e. The van der Waals surface area contributed by atoms with E-state index >= 15 is 0 Å². The van der Waals surface area contributed by atoms with Crippen molar-refractivity contribution in [3.8, 4) is 6.07 Å². The van der Waals surface area contributed by atoms with Gasteiger partial charge in [-0.1, -0.05) is 12.1 Å². The molecule has 1 atom stereocenters. The van der Waals surface area contributed by atoms with E-state index in [1.807, 2.05) is 7.05 Å². The molecule has 96 valence electrons. The molecule has 2 rings (SSSR count). The summed E-state index contributed by atoms with van der Waals surface area (Å²) in [6, 6.07) is 12.0. The molecule has 1 fully saturated rings. The fourth-order valence-electron chi connectivity index (χ4n) is 2.20. The van der Waals surface area contributed by atoms with E-state index < -0.39 is 0 Å². The van der Waals surface area contributed by atoms with E-state index in [-0.39, 0.29) is 0 Å². The van der Waals surface area contributed by atoms with Gasteiger partial charge in [0.25, 0.3) is 0 Å². The molecule has 0 radical (unpaired) electrons. The van der Waals surface area contributed by atoms with Crippen molar-refractivity contribution in [1.82, 2.24) is 5.32 Å². The number of nitriles is 1. The minimum atomic E-state index is 0.382. The lowest BCUT2D eigenvalue weighted by Gasteiger charge is -2.24. The van der Waals surface area contributed by atoms with Crippen LogP contribution in [0, 0.1) is 11.3 Å². The van der Waals surface area contributed by atoms with Crippen molar-refractivity contribution in [3.63, 3.8) is 0 Å². The predicted octanol–water partition coefficient (Wildman–Crippen LogP) is 2.85. The van der Waals surface area contributed by atoms with Gasteiger partial charge in [-0.05, 0) is 44.5 Å². The van der Waals surface area contributed by atoms with Crippen LogP contribution < -0.4 is 10.2 Å². The Kier molecular flexibility index (Phi) is 4.22. The largest absolute Gasteiger partial charge is 0.368 e. The summed E-state index contributed by atoms with van der Waals surface area (Å²) in [4.78, 5) is 2.37. The Hall–Kier alpha value is -1.53. The van der Waals surface area contributed by atoms with Crippen LogP contribution in [-0.4, -0.2) is 19.6 Å². The normalized spacial score (nSPS) is 16.1. The van der Waals surface area contributed by atoms with Crippen molar-refractivity contribution in [2.45, 2.75) is 38.3 Å². The molecule has 18 heavy (non-hydrogen) atoms. The maximum Gasteiger partial charge on any atom is 0.0640 e. The van der Waals surface area contributed by atoms with E-state index in [0.29, 0.717) is 18.5 Å². The molecule has 1 aliphatic carbocycles. The van der Waals surface area contributed by atoms with Gasteiger partial charge in [0.05, 0.1) is 12.5 Å². The first-order valence-electron chi connectivity index (χ1n) is 6.67. The highest BCUT2D eigenvalue weighted by Gasteiger charge is 2.28. The third-order valence-electron chi connectivity index (χ3n) is 3.61. The maximum atomic E-state index is 8.73. The Balaban J connectivity index is 2.08. The molecule has 1 aromatic rings. The van der Waals surface area contributed by atoms with Gasteiger partial charge in [-0.2, -0.15) is 5.26 Å². The van der Waals surface area contributed by atoms with Crippen LogP contribution >= 0.6 is 0 Å². The fraction of sp³-hybridized carbons (Fsp3) is 0.533. The number of nitrogens with one attached hydrogen (secondary N) is 1. The van der Waals surface area contributed by atoms with Gasteiger partial charge >= 0.3 is 0 Å². The number of hydrogen-bond donors (Lipinski definition) is 1. The molecule has 0 spiro atoms. The van der Waals surface area contributed by atoms with Crippen LogP contribution in [0.25, 0.3) is 0 Å². The van der Waals surface area contributed by atoms with Crippen molar-refractivity contribution < 1.29 is 0 Å². The molecule has 0 bridgehead atoms. The quantitative estimate of drug-likeness (QED) is 0.835. The van der Waals surface area contributed by atoms with Crippen molar-refractivity contribution in [2.75, 3.05) is 18.5 Å². The number of benzene rings is 1. The topological polar surface area (TPSA) is 39.1 Å². The first kappa shape index (κ1) is 12.9. The lowest BCUT2D eigenvalue weighted by atomic mass is 10.1. The molecule has 0 amide bonds. The van der Waals surface area contributed by atoms with E-state index in [4.69, 9.17) is 5.26 Å². The smallest absolute Gasteiger partial charge is 0.0640 e. The highest BCUT2D eigenvalue weighted by atomic mass is 15.2. The van der Waals surface area contributed by atoms with Crippen molar-refractivity contribution >= 4 is 5.69 Å². The SMILES string of the molecule is CNC(C)c1ccc(N(CCC#N)C2CC2)cc1. The molecule has 1 N–H and O–H groups in total. The minimum absolute atomic E-state index is 0.382. The van der Waals surface area contributed by atoms with Crippen molar-refractivity contribution in [1.29, 1.82) is 5.26 Å². The second-order valence-electron chi connectivity index (χ2n) is 4.93. The van der Waals surface area contributed by atoms with Crippen LogP contribution in [0.15, 0.2) is 24.3 Å². The summed E-state index contributed by atoms with van der Waals surface area (Å²) in [5, 5.41) is 12.0. The van der Waals surface area contributed by atoms with Crippen LogP contribution in [0.2, 0.25) is 0 Å². The Morgan fingerprint density at radius 2 is 2.06 bits per heavy atom. The van der Waals surface area contributed by atoms with E-state index in [0.717, 1.165) is 6.54 Å². The highest BCUT2D eigenvalue weighted by molar-refractivity contribution is 5.50. The summed E-state index contributed by atoms with van der Waals surface area (Å²) in [6.45, 7) is 3.01. The van der Waals surface area contributed by atoms with E-state index in [1.165, 1.54) is 24.1 Å². The molecule has 0 saturated heterocycles. The summed E-state index contributed by atoms with van der Waals surface area (Å²) in [7, 11) is 1.97. The lowest BCUT2D eigenvalue weighted by molar-refractivity contribution is 0.652. The van der Waals surface area contributed by atoms with Gasteiger partial charge in [0.2, 0.25) is 0 Å². The monoisotopic (exact) mass is 243 g/mol. The lowest BCUT2D eigenvalue weighted by Crippen LogP contribution is -2.26. The van der Waals surface area contributed by atoms with Gasteiger partial charge in [-0.3, -0.25) is 0 Å². The average Bonchev–Trinajstić information content (AvgIpc) is 3.24. The van der Waals surface area contributed by atoms with E-state index in [2.05, 4.69) is 47.5 Å².